The van der Waals surface area contributed by atoms with Crippen molar-refractivity contribution in [3.8, 4) is 5.88 Å². The van der Waals surface area contributed by atoms with Crippen molar-refractivity contribution in [2.24, 2.45) is 0 Å². The molecule has 1 saturated heterocycles. The molecule has 122 valence electrons. The number of carbonyl (C=O) groups is 1. The highest BCUT2D eigenvalue weighted by Gasteiger charge is 2.25. The quantitative estimate of drug-likeness (QED) is 0.844. The fourth-order valence-electron chi connectivity index (χ4n) is 2.34. The van der Waals surface area contributed by atoms with E-state index in [1.165, 1.54) is 13.3 Å². The Morgan fingerprint density at radius 2 is 2.23 bits per heavy atom. The lowest BCUT2D eigenvalue weighted by molar-refractivity contribution is 0.190. The summed E-state index contributed by atoms with van der Waals surface area (Å²) in [5, 5.41) is 2.74. The molecule has 8 nitrogen and oxygen atoms in total. The number of nitrogens with one attached hydrogen (secondary N) is 2. The molecule has 2 amide bonds. The first-order valence-electron chi connectivity index (χ1n) is 6.90. The number of methoxy groups -OCH3 is 1. The molecule has 1 aliphatic heterocycles. The molecule has 0 unspecified atom stereocenters. The molecule has 2 N–H and O–H groups in total. The Bertz CT molecular complexity index is 617. The van der Waals surface area contributed by atoms with E-state index in [0.29, 0.717) is 24.7 Å². The van der Waals surface area contributed by atoms with Gasteiger partial charge in [-0.25, -0.2) is 22.9 Å². The number of carbonyl (C=O) groups excluding carboxylic acids is 1. The molecule has 1 aliphatic rings. The predicted molar refractivity (Wildman–Crippen MR) is 82.4 cm³/mol. The highest BCUT2D eigenvalue weighted by Crippen LogP contribution is 2.15. The Hall–Kier alpha value is -1.87. The lowest BCUT2D eigenvalue weighted by Crippen LogP contribution is -2.50. The van der Waals surface area contributed by atoms with Gasteiger partial charge >= 0.3 is 6.03 Å². The highest BCUT2D eigenvalue weighted by molar-refractivity contribution is 7.88. The zero-order chi connectivity index (χ0) is 16.2. The van der Waals surface area contributed by atoms with Crippen LogP contribution in [0.25, 0.3) is 0 Å². The van der Waals surface area contributed by atoms with Gasteiger partial charge in [0.05, 0.1) is 25.2 Å². The van der Waals surface area contributed by atoms with Crippen molar-refractivity contribution in [1.29, 1.82) is 0 Å². The second-order valence-electron chi connectivity index (χ2n) is 5.19. The van der Waals surface area contributed by atoms with Gasteiger partial charge in [-0.15, -0.1) is 0 Å². The molecule has 0 aromatic carbocycles. The number of piperidine rings is 1. The summed E-state index contributed by atoms with van der Waals surface area (Å²) in [6.07, 6.45) is 4.10. The normalized spacial score (nSPS) is 18.8. The van der Waals surface area contributed by atoms with Crippen LogP contribution in [-0.4, -0.2) is 56.8 Å². The molecule has 1 fully saturated rings. The van der Waals surface area contributed by atoms with E-state index in [1.54, 1.807) is 17.0 Å². The third-order valence-corrected chi connectivity index (χ3v) is 4.05. The second kappa shape index (κ2) is 6.93. The number of aromatic nitrogens is 1. The van der Waals surface area contributed by atoms with E-state index < -0.39 is 10.0 Å². The number of hydrogen-bond donors (Lipinski definition) is 2. The zero-order valence-electron chi connectivity index (χ0n) is 12.6. The van der Waals surface area contributed by atoms with Gasteiger partial charge in [-0.1, -0.05) is 0 Å². The van der Waals surface area contributed by atoms with Crippen molar-refractivity contribution in [1.82, 2.24) is 14.6 Å². The van der Waals surface area contributed by atoms with Crippen LogP contribution in [0, 0.1) is 0 Å². The maximum absolute atomic E-state index is 12.2. The molecule has 0 saturated carbocycles. The van der Waals surface area contributed by atoms with E-state index in [-0.39, 0.29) is 12.1 Å². The standard InChI is InChI=1S/C13H20N4O4S/c1-21-12-6-5-10(8-14-12)15-13(18)17-7-3-4-11(9-17)16-22(2,19)20/h5-6,8,11,16H,3-4,7,9H2,1-2H3,(H,15,18)/t11-/m1/s1. The van der Waals surface area contributed by atoms with Gasteiger partial charge in [0, 0.05) is 25.2 Å². The van der Waals surface area contributed by atoms with Crippen LogP contribution in [0.5, 0.6) is 5.88 Å². The average Bonchev–Trinajstić information content (AvgIpc) is 2.46. The molecule has 2 rings (SSSR count). The van der Waals surface area contributed by atoms with E-state index in [1.807, 2.05) is 0 Å². The third kappa shape index (κ3) is 4.85. The van der Waals surface area contributed by atoms with Gasteiger partial charge in [-0.3, -0.25) is 0 Å². The molecule has 1 aromatic rings. The van der Waals surface area contributed by atoms with Crippen LogP contribution >= 0.6 is 0 Å². The molecule has 22 heavy (non-hydrogen) atoms. The van der Waals surface area contributed by atoms with Crippen molar-refractivity contribution in [3.63, 3.8) is 0 Å². The first kappa shape index (κ1) is 16.5. The van der Waals surface area contributed by atoms with Crippen LogP contribution in [0.3, 0.4) is 0 Å². The first-order valence-corrected chi connectivity index (χ1v) is 8.80. The largest absolute Gasteiger partial charge is 0.481 e. The number of anilines is 1. The summed E-state index contributed by atoms with van der Waals surface area (Å²) in [7, 11) is -1.75. The van der Waals surface area contributed by atoms with E-state index in [2.05, 4.69) is 15.0 Å². The number of amides is 2. The fourth-order valence-corrected chi connectivity index (χ4v) is 3.14. The molecule has 9 heteroatoms. The Labute approximate surface area is 129 Å². The maximum Gasteiger partial charge on any atom is 0.321 e. The van der Waals surface area contributed by atoms with Gasteiger partial charge in [-0.2, -0.15) is 0 Å². The highest BCUT2D eigenvalue weighted by atomic mass is 32.2. The van der Waals surface area contributed by atoms with Crippen molar-refractivity contribution in [2.45, 2.75) is 18.9 Å². The average molecular weight is 328 g/mol. The Kier molecular flexibility index (Phi) is 5.19. The maximum atomic E-state index is 12.2. The molecular formula is C13H20N4O4S. The molecule has 0 radical (unpaired) electrons. The minimum atomic E-state index is -3.27. The van der Waals surface area contributed by atoms with Gasteiger partial charge in [0.25, 0.3) is 0 Å². The smallest absolute Gasteiger partial charge is 0.321 e. The number of rotatable bonds is 4. The predicted octanol–water partition coefficient (Wildman–Crippen LogP) is 0.636. The van der Waals surface area contributed by atoms with Crippen LogP contribution in [0.15, 0.2) is 18.3 Å². The fraction of sp³-hybridized carbons (Fsp3) is 0.538. The van der Waals surface area contributed by atoms with E-state index >= 15 is 0 Å². The van der Waals surface area contributed by atoms with E-state index in [9.17, 15) is 13.2 Å². The SMILES string of the molecule is COc1ccc(NC(=O)N2CCC[C@@H](NS(C)(=O)=O)C2)cn1. The number of pyridine rings is 1. The van der Waals surface area contributed by atoms with Gasteiger partial charge in [0.1, 0.15) is 0 Å². The molecular weight excluding hydrogens is 308 g/mol. The first-order chi connectivity index (χ1) is 10.4. The van der Waals surface area contributed by atoms with Crippen LogP contribution in [0.4, 0.5) is 10.5 Å². The molecule has 0 spiro atoms. The van der Waals surface area contributed by atoms with Gasteiger partial charge in [0.15, 0.2) is 0 Å². The van der Waals surface area contributed by atoms with Crippen LogP contribution < -0.4 is 14.8 Å². The summed E-state index contributed by atoms with van der Waals surface area (Å²) < 4.78 is 30.0. The van der Waals surface area contributed by atoms with Crippen LogP contribution in [0.1, 0.15) is 12.8 Å². The third-order valence-electron chi connectivity index (χ3n) is 3.29. The summed E-state index contributed by atoms with van der Waals surface area (Å²) in [4.78, 5) is 17.8. The second-order valence-corrected chi connectivity index (χ2v) is 6.97. The number of likely N-dealkylation sites (tertiary alicyclic amines) is 1. The molecule has 0 bridgehead atoms. The van der Waals surface area contributed by atoms with E-state index in [4.69, 9.17) is 4.74 Å². The number of nitrogens with zero attached hydrogens (tertiary/aromatic N) is 2. The Balaban J connectivity index is 1.93. The van der Waals surface area contributed by atoms with E-state index in [0.717, 1.165) is 19.1 Å². The van der Waals surface area contributed by atoms with Gasteiger partial charge in [0.2, 0.25) is 15.9 Å². The zero-order valence-corrected chi connectivity index (χ0v) is 13.4. The summed E-state index contributed by atoms with van der Waals surface area (Å²) >= 11 is 0. The molecule has 1 atom stereocenters. The number of sulfonamides is 1. The monoisotopic (exact) mass is 328 g/mol. The van der Waals surface area contributed by atoms with Gasteiger partial charge < -0.3 is 15.0 Å². The molecule has 0 aliphatic carbocycles. The number of urea groups is 1. The summed E-state index contributed by atoms with van der Waals surface area (Å²) in [5.41, 5.74) is 0.559. The number of ether oxygens (including phenoxy) is 1. The Morgan fingerprint density at radius 1 is 1.45 bits per heavy atom. The Morgan fingerprint density at radius 3 is 2.82 bits per heavy atom. The minimum absolute atomic E-state index is 0.247. The summed E-state index contributed by atoms with van der Waals surface area (Å²) in [6, 6.07) is 2.83. The lowest BCUT2D eigenvalue weighted by atomic mass is 10.1. The molecule has 1 aromatic heterocycles. The number of hydrogen-bond acceptors (Lipinski definition) is 5. The lowest BCUT2D eigenvalue weighted by Gasteiger charge is -2.32. The molecule has 2 heterocycles. The summed E-state index contributed by atoms with van der Waals surface area (Å²) in [5.74, 6) is 0.466. The minimum Gasteiger partial charge on any atom is -0.481 e. The van der Waals surface area contributed by atoms with Crippen LogP contribution in [0.2, 0.25) is 0 Å². The van der Waals surface area contributed by atoms with Crippen molar-refractivity contribution in [3.05, 3.63) is 18.3 Å². The summed E-state index contributed by atoms with van der Waals surface area (Å²) in [6.45, 7) is 0.944. The topological polar surface area (TPSA) is 101 Å². The van der Waals surface area contributed by atoms with Gasteiger partial charge in [-0.05, 0) is 18.9 Å². The van der Waals surface area contributed by atoms with Crippen LogP contribution in [-0.2, 0) is 10.0 Å². The van der Waals surface area contributed by atoms with Crippen molar-refractivity contribution >= 4 is 21.7 Å². The van der Waals surface area contributed by atoms with Crippen molar-refractivity contribution < 1.29 is 17.9 Å². The van der Waals surface area contributed by atoms with Crippen molar-refractivity contribution in [2.75, 3.05) is 31.8 Å².